The molecule has 0 aliphatic carbocycles. The normalized spacial score (nSPS) is 23.5. The van der Waals surface area contributed by atoms with Crippen molar-refractivity contribution in [1.82, 2.24) is 10.6 Å². The second kappa shape index (κ2) is 4.73. The summed E-state index contributed by atoms with van der Waals surface area (Å²) >= 11 is 0. The molecule has 66 valence electrons. The highest BCUT2D eigenvalue weighted by atomic mass is 14.9. The predicted octanol–water partition coefficient (Wildman–Crippen LogP) is 0.984. The Labute approximate surface area is 69.8 Å². The summed E-state index contributed by atoms with van der Waals surface area (Å²) < 4.78 is 0. The predicted molar refractivity (Wildman–Crippen MR) is 48.7 cm³/mol. The number of piperidine rings is 1. The first kappa shape index (κ1) is 9.01. The molecule has 0 spiro atoms. The van der Waals surface area contributed by atoms with Gasteiger partial charge in [-0.05, 0) is 52.2 Å². The maximum atomic E-state index is 3.39. The van der Waals surface area contributed by atoms with Crippen LogP contribution in [0.1, 0.15) is 26.2 Å². The van der Waals surface area contributed by atoms with E-state index in [1.165, 1.54) is 32.4 Å². The van der Waals surface area contributed by atoms with Crippen LogP contribution in [0.25, 0.3) is 0 Å². The lowest BCUT2D eigenvalue weighted by Gasteiger charge is -2.25. The molecule has 0 saturated carbocycles. The van der Waals surface area contributed by atoms with Gasteiger partial charge in [0.2, 0.25) is 0 Å². The van der Waals surface area contributed by atoms with Crippen LogP contribution in [-0.4, -0.2) is 26.2 Å². The largest absolute Gasteiger partial charge is 0.317 e. The van der Waals surface area contributed by atoms with E-state index in [0.29, 0.717) is 6.04 Å². The van der Waals surface area contributed by atoms with Gasteiger partial charge in [-0.2, -0.15) is 0 Å². The Morgan fingerprint density at radius 1 is 1.45 bits per heavy atom. The van der Waals surface area contributed by atoms with E-state index in [1.807, 2.05) is 7.05 Å². The van der Waals surface area contributed by atoms with Crippen LogP contribution >= 0.6 is 0 Å². The van der Waals surface area contributed by atoms with Crippen molar-refractivity contribution < 1.29 is 0 Å². The number of nitrogens with one attached hydrogen (secondary N) is 2. The summed E-state index contributed by atoms with van der Waals surface area (Å²) in [5.41, 5.74) is 0. The number of hydrogen-bond acceptors (Lipinski definition) is 2. The van der Waals surface area contributed by atoms with E-state index >= 15 is 0 Å². The first-order chi connectivity index (χ1) is 5.33. The minimum Gasteiger partial charge on any atom is -0.317 e. The lowest BCUT2D eigenvalue weighted by Crippen LogP contribution is -2.32. The van der Waals surface area contributed by atoms with Gasteiger partial charge >= 0.3 is 0 Å². The highest BCUT2D eigenvalue weighted by Gasteiger charge is 2.14. The van der Waals surface area contributed by atoms with E-state index in [4.69, 9.17) is 0 Å². The molecule has 1 rings (SSSR count). The number of rotatable bonds is 3. The fourth-order valence-electron chi connectivity index (χ4n) is 1.74. The van der Waals surface area contributed by atoms with Gasteiger partial charge in [0.15, 0.2) is 0 Å². The molecule has 2 nitrogen and oxygen atoms in total. The summed E-state index contributed by atoms with van der Waals surface area (Å²) in [6.45, 7) is 4.71. The van der Waals surface area contributed by atoms with Crippen LogP contribution in [-0.2, 0) is 0 Å². The van der Waals surface area contributed by atoms with E-state index in [2.05, 4.69) is 17.6 Å². The van der Waals surface area contributed by atoms with Gasteiger partial charge in [-0.1, -0.05) is 0 Å². The van der Waals surface area contributed by atoms with Crippen LogP contribution in [0.15, 0.2) is 0 Å². The van der Waals surface area contributed by atoms with Crippen LogP contribution in [0.2, 0.25) is 0 Å². The Morgan fingerprint density at radius 3 is 2.64 bits per heavy atom. The molecule has 0 aromatic heterocycles. The summed E-state index contributed by atoms with van der Waals surface area (Å²) in [6.07, 6.45) is 4.08. The van der Waals surface area contributed by atoms with Crippen LogP contribution < -0.4 is 10.6 Å². The van der Waals surface area contributed by atoms with Crippen molar-refractivity contribution >= 4 is 0 Å². The standard InChI is InChI=1S/C9H20N2/c1-8(10-2)7-9-3-5-11-6-4-9/h8-11H,3-7H2,1-2H3. The maximum Gasteiger partial charge on any atom is 0.00383 e. The second-order valence-corrected chi connectivity index (χ2v) is 3.62. The highest BCUT2D eigenvalue weighted by Crippen LogP contribution is 2.17. The van der Waals surface area contributed by atoms with Gasteiger partial charge in [0.05, 0.1) is 0 Å². The molecular weight excluding hydrogens is 136 g/mol. The zero-order valence-corrected chi connectivity index (χ0v) is 7.69. The fourth-order valence-corrected chi connectivity index (χ4v) is 1.74. The average Bonchev–Trinajstić information content (AvgIpc) is 2.06. The fraction of sp³-hybridized carbons (Fsp3) is 1.00. The van der Waals surface area contributed by atoms with Gasteiger partial charge in [-0.15, -0.1) is 0 Å². The Kier molecular flexibility index (Phi) is 3.87. The van der Waals surface area contributed by atoms with Crippen molar-refractivity contribution in [2.45, 2.75) is 32.2 Å². The maximum absolute atomic E-state index is 3.39. The molecule has 1 unspecified atom stereocenters. The smallest absolute Gasteiger partial charge is 0.00383 e. The monoisotopic (exact) mass is 156 g/mol. The third kappa shape index (κ3) is 3.21. The molecule has 1 saturated heterocycles. The van der Waals surface area contributed by atoms with E-state index in [1.54, 1.807) is 0 Å². The molecule has 1 aliphatic heterocycles. The first-order valence-electron chi connectivity index (χ1n) is 4.71. The van der Waals surface area contributed by atoms with Crippen molar-refractivity contribution in [3.05, 3.63) is 0 Å². The molecular formula is C9H20N2. The molecule has 11 heavy (non-hydrogen) atoms. The average molecular weight is 156 g/mol. The molecule has 1 aliphatic rings. The van der Waals surface area contributed by atoms with E-state index in [-0.39, 0.29) is 0 Å². The Hall–Kier alpha value is -0.0800. The zero-order chi connectivity index (χ0) is 8.10. The van der Waals surface area contributed by atoms with Crippen molar-refractivity contribution in [3.8, 4) is 0 Å². The summed E-state index contributed by atoms with van der Waals surface area (Å²) in [5, 5.41) is 6.68. The Bertz CT molecular complexity index is 97.7. The molecule has 1 atom stereocenters. The molecule has 1 heterocycles. The lowest BCUT2D eigenvalue weighted by atomic mass is 9.92. The third-order valence-corrected chi connectivity index (χ3v) is 2.64. The molecule has 0 aromatic carbocycles. The van der Waals surface area contributed by atoms with Crippen LogP contribution in [0.4, 0.5) is 0 Å². The molecule has 2 heteroatoms. The van der Waals surface area contributed by atoms with Crippen molar-refractivity contribution in [2.24, 2.45) is 5.92 Å². The third-order valence-electron chi connectivity index (χ3n) is 2.64. The Balaban J connectivity index is 2.13. The summed E-state index contributed by atoms with van der Waals surface area (Å²) in [4.78, 5) is 0. The van der Waals surface area contributed by atoms with Crippen molar-refractivity contribution in [1.29, 1.82) is 0 Å². The highest BCUT2D eigenvalue weighted by molar-refractivity contribution is 4.72. The van der Waals surface area contributed by atoms with Crippen LogP contribution in [0, 0.1) is 5.92 Å². The molecule has 2 N–H and O–H groups in total. The SMILES string of the molecule is CNC(C)CC1CCNCC1. The quantitative estimate of drug-likeness (QED) is 0.636. The number of hydrogen-bond donors (Lipinski definition) is 2. The summed E-state index contributed by atoms with van der Waals surface area (Å²) in [6, 6.07) is 0.693. The summed E-state index contributed by atoms with van der Waals surface area (Å²) in [5.74, 6) is 0.957. The minimum absolute atomic E-state index is 0.693. The van der Waals surface area contributed by atoms with Gasteiger partial charge in [0, 0.05) is 6.04 Å². The van der Waals surface area contributed by atoms with Gasteiger partial charge in [-0.25, -0.2) is 0 Å². The molecule has 0 aromatic rings. The van der Waals surface area contributed by atoms with E-state index in [9.17, 15) is 0 Å². The molecule has 1 fully saturated rings. The molecule has 0 radical (unpaired) electrons. The van der Waals surface area contributed by atoms with Gasteiger partial charge in [-0.3, -0.25) is 0 Å². The van der Waals surface area contributed by atoms with Crippen molar-refractivity contribution in [3.63, 3.8) is 0 Å². The molecule has 0 bridgehead atoms. The van der Waals surface area contributed by atoms with Crippen molar-refractivity contribution in [2.75, 3.05) is 20.1 Å². The minimum atomic E-state index is 0.693. The lowest BCUT2D eigenvalue weighted by molar-refractivity contribution is 0.323. The van der Waals surface area contributed by atoms with E-state index in [0.717, 1.165) is 5.92 Å². The van der Waals surface area contributed by atoms with Gasteiger partial charge in [0.25, 0.3) is 0 Å². The van der Waals surface area contributed by atoms with Gasteiger partial charge in [0.1, 0.15) is 0 Å². The topological polar surface area (TPSA) is 24.1 Å². The van der Waals surface area contributed by atoms with Crippen LogP contribution in [0.5, 0.6) is 0 Å². The molecule has 0 amide bonds. The second-order valence-electron chi connectivity index (χ2n) is 3.62. The summed E-state index contributed by atoms with van der Waals surface area (Å²) in [7, 11) is 2.05. The van der Waals surface area contributed by atoms with E-state index < -0.39 is 0 Å². The van der Waals surface area contributed by atoms with Crippen LogP contribution in [0.3, 0.4) is 0 Å². The Morgan fingerprint density at radius 2 is 2.09 bits per heavy atom. The van der Waals surface area contributed by atoms with Gasteiger partial charge < -0.3 is 10.6 Å². The first-order valence-corrected chi connectivity index (χ1v) is 4.71. The zero-order valence-electron chi connectivity index (χ0n) is 7.69.